The van der Waals surface area contributed by atoms with E-state index in [9.17, 15) is 0 Å². The van der Waals surface area contributed by atoms with Gasteiger partial charge in [-0.1, -0.05) is 110 Å². The predicted octanol–water partition coefficient (Wildman–Crippen LogP) is 6.43. The smallest absolute Gasteiger partial charge is 0.145 e. The van der Waals surface area contributed by atoms with Crippen molar-refractivity contribution >= 4 is 0 Å². The molecule has 1 fully saturated rings. The normalized spacial score (nSPS) is 19.3. The van der Waals surface area contributed by atoms with Gasteiger partial charge < -0.3 is 4.74 Å². The average molecular weight is 381 g/mol. The summed E-state index contributed by atoms with van der Waals surface area (Å²) >= 11 is 0. The first-order valence-corrected chi connectivity index (χ1v) is 10.6. The molecule has 3 aromatic carbocycles. The first kappa shape index (κ1) is 19.5. The first-order valence-electron chi connectivity index (χ1n) is 10.6. The molecule has 0 aromatic heterocycles. The molecule has 1 nitrogen and oxygen atoms in total. The summed E-state index contributed by atoms with van der Waals surface area (Å²) in [4.78, 5) is 0. The zero-order valence-electron chi connectivity index (χ0n) is 17.0. The molecule has 0 amide bonds. The van der Waals surface area contributed by atoms with Crippen molar-refractivity contribution in [1.82, 2.24) is 0 Å². The summed E-state index contributed by atoms with van der Waals surface area (Å²) in [5.74, 6) is 4.44. The standard InChI is InChI=1S/C28H28O/c1-3-22-20-23(22)21-27(4-2)29-28(24-14-8-5-9-15-24,25-16-10-6-11-17-25)26-18-12-7-13-19-26/h2,5-19,22-23,27H,3,20-21H2,1H3/t22-,23-,27?/m0/s1. The van der Waals surface area contributed by atoms with Crippen LogP contribution in [0.15, 0.2) is 91.0 Å². The predicted molar refractivity (Wildman–Crippen MR) is 119 cm³/mol. The maximum Gasteiger partial charge on any atom is 0.145 e. The molecule has 1 aliphatic rings. The highest BCUT2D eigenvalue weighted by Gasteiger charge is 2.42. The highest BCUT2D eigenvalue weighted by Crippen LogP contribution is 2.47. The van der Waals surface area contributed by atoms with E-state index in [0.29, 0.717) is 5.92 Å². The van der Waals surface area contributed by atoms with Gasteiger partial charge in [0.1, 0.15) is 11.7 Å². The quantitative estimate of drug-likeness (QED) is 0.323. The summed E-state index contributed by atoms with van der Waals surface area (Å²) < 4.78 is 6.95. The van der Waals surface area contributed by atoms with E-state index in [2.05, 4.69) is 85.6 Å². The summed E-state index contributed by atoms with van der Waals surface area (Å²) in [7, 11) is 0. The van der Waals surface area contributed by atoms with Gasteiger partial charge in [-0.25, -0.2) is 0 Å². The molecule has 0 heterocycles. The van der Waals surface area contributed by atoms with E-state index in [-0.39, 0.29) is 6.10 Å². The maximum atomic E-state index is 6.95. The van der Waals surface area contributed by atoms with Gasteiger partial charge in [-0.05, 0) is 41.4 Å². The molecule has 0 aliphatic heterocycles. The molecule has 0 N–H and O–H groups in total. The minimum Gasteiger partial charge on any atom is -0.345 e. The van der Waals surface area contributed by atoms with Crippen LogP contribution in [0.3, 0.4) is 0 Å². The molecule has 1 heteroatoms. The van der Waals surface area contributed by atoms with Crippen molar-refractivity contribution in [2.75, 3.05) is 0 Å². The summed E-state index contributed by atoms with van der Waals surface area (Å²) in [6.45, 7) is 2.26. The van der Waals surface area contributed by atoms with E-state index in [4.69, 9.17) is 11.2 Å². The van der Waals surface area contributed by atoms with Crippen molar-refractivity contribution in [3.05, 3.63) is 108 Å². The van der Waals surface area contributed by atoms with Crippen LogP contribution in [0.5, 0.6) is 0 Å². The molecule has 1 unspecified atom stereocenters. The lowest BCUT2D eigenvalue weighted by molar-refractivity contribution is -0.0258. The number of hydrogen-bond acceptors (Lipinski definition) is 1. The second-order valence-electron chi connectivity index (χ2n) is 7.95. The monoisotopic (exact) mass is 380 g/mol. The summed E-state index contributed by atoms with van der Waals surface area (Å²) in [6.07, 6.45) is 9.18. The lowest BCUT2D eigenvalue weighted by Crippen LogP contribution is -2.36. The van der Waals surface area contributed by atoms with E-state index in [1.165, 1.54) is 12.8 Å². The van der Waals surface area contributed by atoms with Gasteiger partial charge in [-0.15, -0.1) is 6.42 Å². The Hall–Kier alpha value is -2.82. The van der Waals surface area contributed by atoms with Crippen molar-refractivity contribution in [3.63, 3.8) is 0 Å². The number of rotatable bonds is 8. The van der Waals surface area contributed by atoms with Gasteiger partial charge in [0.2, 0.25) is 0 Å². The third-order valence-corrected chi connectivity index (χ3v) is 6.16. The molecule has 146 valence electrons. The van der Waals surface area contributed by atoms with Crippen LogP contribution in [0.1, 0.15) is 42.9 Å². The molecular formula is C28H28O. The molecule has 1 aliphatic carbocycles. The number of ether oxygens (including phenoxy) is 1. The molecule has 4 rings (SSSR count). The van der Waals surface area contributed by atoms with E-state index in [0.717, 1.165) is 29.0 Å². The lowest BCUT2D eigenvalue weighted by Gasteiger charge is -2.38. The molecular weight excluding hydrogens is 352 g/mol. The summed E-state index contributed by atoms with van der Waals surface area (Å²) in [6, 6.07) is 31.4. The van der Waals surface area contributed by atoms with Crippen LogP contribution in [0.25, 0.3) is 0 Å². The Bertz CT molecular complexity index is 843. The van der Waals surface area contributed by atoms with Crippen LogP contribution in [0.4, 0.5) is 0 Å². The van der Waals surface area contributed by atoms with Crippen LogP contribution < -0.4 is 0 Å². The van der Waals surface area contributed by atoms with Crippen molar-refractivity contribution in [2.45, 2.75) is 37.9 Å². The average Bonchev–Trinajstić information content (AvgIpc) is 3.56. The molecule has 0 bridgehead atoms. The minimum atomic E-state index is -0.739. The van der Waals surface area contributed by atoms with Crippen LogP contribution in [-0.2, 0) is 10.3 Å². The topological polar surface area (TPSA) is 9.23 Å². The van der Waals surface area contributed by atoms with Gasteiger partial charge in [0.25, 0.3) is 0 Å². The van der Waals surface area contributed by atoms with E-state index in [1.54, 1.807) is 0 Å². The highest BCUT2D eigenvalue weighted by atomic mass is 16.5. The van der Waals surface area contributed by atoms with Crippen molar-refractivity contribution < 1.29 is 4.74 Å². The fraction of sp³-hybridized carbons (Fsp3) is 0.286. The Morgan fingerprint density at radius 3 is 1.62 bits per heavy atom. The Labute approximate surface area is 174 Å². The van der Waals surface area contributed by atoms with Gasteiger partial charge in [0.15, 0.2) is 0 Å². The van der Waals surface area contributed by atoms with E-state index < -0.39 is 5.60 Å². The van der Waals surface area contributed by atoms with Gasteiger partial charge in [-0.2, -0.15) is 0 Å². The Kier molecular flexibility index (Phi) is 5.84. The fourth-order valence-electron chi connectivity index (χ4n) is 4.46. The van der Waals surface area contributed by atoms with Gasteiger partial charge in [0, 0.05) is 0 Å². The number of hydrogen-bond donors (Lipinski definition) is 0. The first-order chi connectivity index (χ1) is 14.3. The van der Waals surface area contributed by atoms with Gasteiger partial charge in [0.05, 0.1) is 0 Å². The van der Waals surface area contributed by atoms with Crippen LogP contribution in [-0.4, -0.2) is 6.10 Å². The number of benzene rings is 3. The van der Waals surface area contributed by atoms with Gasteiger partial charge >= 0.3 is 0 Å². The van der Waals surface area contributed by atoms with Crippen molar-refractivity contribution in [1.29, 1.82) is 0 Å². The Morgan fingerprint density at radius 2 is 1.28 bits per heavy atom. The zero-order valence-corrected chi connectivity index (χ0v) is 17.0. The maximum absolute atomic E-state index is 6.95. The fourth-order valence-corrected chi connectivity index (χ4v) is 4.46. The SMILES string of the molecule is C#CC(C[C@@H]1C[C@@H]1CC)OC(c1ccccc1)(c1ccccc1)c1ccccc1. The lowest BCUT2D eigenvalue weighted by atomic mass is 9.79. The summed E-state index contributed by atoms with van der Waals surface area (Å²) in [5, 5.41) is 0. The van der Waals surface area contributed by atoms with Gasteiger partial charge in [-0.3, -0.25) is 0 Å². The largest absolute Gasteiger partial charge is 0.345 e. The third kappa shape index (κ3) is 4.00. The number of terminal acetylenes is 1. The second-order valence-corrected chi connectivity index (χ2v) is 7.95. The zero-order chi connectivity index (χ0) is 20.1. The van der Waals surface area contributed by atoms with Crippen LogP contribution >= 0.6 is 0 Å². The highest BCUT2D eigenvalue weighted by molar-refractivity contribution is 5.47. The minimum absolute atomic E-state index is 0.239. The Morgan fingerprint density at radius 1 is 0.828 bits per heavy atom. The second kappa shape index (κ2) is 8.68. The molecule has 3 aromatic rings. The Balaban J connectivity index is 1.82. The molecule has 3 atom stereocenters. The molecule has 29 heavy (non-hydrogen) atoms. The third-order valence-electron chi connectivity index (χ3n) is 6.16. The molecule has 0 saturated heterocycles. The van der Waals surface area contributed by atoms with Crippen LogP contribution in [0.2, 0.25) is 0 Å². The van der Waals surface area contributed by atoms with E-state index in [1.807, 2.05) is 18.2 Å². The molecule has 0 radical (unpaired) electrons. The molecule has 1 saturated carbocycles. The van der Waals surface area contributed by atoms with E-state index >= 15 is 0 Å². The van der Waals surface area contributed by atoms with Crippen molar-refractivity contribution in [2.24, 2.45) is 11.8 Å². The van der Waals surface area contributed by atoms with Crippen molar-refractivity contribution in [3.8, 4) is 12.3 Å². The summed E-state index contributed by atoms with van der Waals surface area (Å²) in [5.41, 5.74) is 2.55. The van der Waals surface area contributed by atoms with Crippen LogP contribution in [0, 0.1) is 24.2 Å². The molecule has 0 spiro atoms.